The van der Waals surface area contributed by atoms with Crippen molar-refractivity contribution >= 4 is 23.2 Å². The molecule has 318 valence electrons. The lowest BCUT2D eigenvalue weighted by Gasteiger charge is -2.13. The molecular weight excluding hydrogens is 693 g/mol. The highest BCUT2D eigenvalue weighted by Gasteiger charge is 2.13. The fraction of sp³-hybridized carbons (Fsp3) is 0.720. The zero-order valence-corrected chi connectivity index (χ0v) is 36.3. The largest absolute Gasteiger partial charge is 0.508 e. The lowest BCUT2D eigenvalue weighted by molar-refractivity contribution is -0.116. The van der Waals surface area contributed by atoms with Crippen LogP contribution in [0.4, 0.5) is 11.4 Å². The van der Waals surface area contributed by atoms with Gasteiger partial charge in [-0.25, -0.2) is 0 Å². The van der Waals surface area contributed by atoms with E-state index in [2.05, 4.69) is 24.5 Å². The summed E-state index contributed by atoms with van der Waals surface area (Å²) in [4.78, 5) is 26.1. The first-order valence-electron chi connectivity index (χ1n) is 23.7. The van der Waals surface area contributed by atoms with Gasteiger partial charge in [-0.05, 0) is 49.2 Å². The van der Waals surface area contributed by atoms with Crippen LogP contribution in [-0.2, 0) is 4.79 Å². The van der Waals surface area contributed by atoms with Crippen LogP contribution >= 0.6 is 0 Å². The molecule has 0 radical (unpaired) electrons. The molecule has 6 heteroatoms. The number of aromatic hydroxyl groups is 1. The van der Waals surface area contributed by atoms with Crippen LogP contribution in [0.25, 0.3) is 0 Å². The van der Waals surface area contributed by atoms with Gasteiger partial charge in [0.2, 0.25) is 5.91 Å². The summed E-state index contributed by atoms with van der Waals surface area (Å²) in [6.07, 6.45) is 42.6. The van der Waals surface area contributed by atoms with E-state index >= 15 is 0 Å². The molecule has 6 nitrogen and oxygen atoms in total. The van der Waals surface area contributed by atoms with Gasteiger partial charge >= 0.3 is 0 Å². The zero-order chi connectivity index (χ0) is 40.2. The summed E-state index contributed by atoms with van der Waals surface area (Å²) < 4.78 is 6.13. The van der Waals surface area contributed by atoms with Gasteiger partial charge in [-0.2, -0.15) is 0 Å². The number of hydrogen-bond donors (Lipinski definition) is 3. The number of unbranched alkanes of at least 4 members (excludes halogenated alkanes) is 30. The van der Waals surface area contributed by atoms with E-state index in [1.165, 1.54) is 192 Å². The minimum Gasteiger partial charge on any atom is -0.508 e. The minimum absolute atomic E-state index is 0.0322. The highest BCUT2D eigenvalue weighted by molar-refractivity contribution is 6.05. The molecule has 3 N–H and O–H groups in total. The number of rotatable bonds is 38. The fourth-order valence-corrected chi connectivity index (χ4v) is 7.53. The molecule has 2 aromatic rings. The number of carbonyl (C=O) groups is 2. The Morgan fingerprint density at radius 2 is 0.857 bits per heavy atom. The van der Waals surface area contributed by atoms with E-state index in [1.54, 1.807) is 24.3 Å². The Balaban J connectivity index is 1.64. The summed E-state index contributed by atoms with van der Waals surface area (Å²) in [5, 5.41) is 15.5. The molecule has 0 aliphatic rings. The van der Waals surface area contributed by atoms with Crippen LogP contribution in [0.5, 0.6) is 11.5 Å². The monoisotopic (exact) mass is 777 g/mol. The van der Waals surface area contributed by atoms with Crippen LogP contribution in [0.15, 0.2) is 42.5 Å². The third kappa shape index (κ3) is 27.6. The van der Waals surface area contributed by atoms with Gasteiger partial charge in [0.25, 0.3) is 5.91 Å². The molecule has 0 aromatic heterocycles. The summed E-state index contributed by atoms with van der Waals surface area (Å²) in [6, 6.07) is 11.7. The lowest BCUT2D eigenvalue weighted by Crippen LogP contribution is -2.15. The Kier molecular flexibility index (Phi) is 30.9. The maximum atomic E-state index is 13.2. The van der Waals surface area contributed by atoms with E-state index < -0.39 is 0 Å². The summed E-state index contributed by atoms with van der Waals surface area (Å²) in [6.45, 7) is 5.14. The van der Waals surface area contributed by atoms with E-state index in [0.717, 1.165) is 25.7 Å². The van der Waals surface area contributed by atoms with E-state index in [1.807, 2.05) is 6.07 Å². The van der Waals surface area contributed by atoms with Crippen molar-refractivity contribution in [3.05, 3.63) is 48.0 Å². The number of hydrogen-bond acceptors (Lipinski definition) is 4. The van der Waals surface area contributed by atoms with Crippen LogP contribution in [-0.4, -0.2) is 23.5 Å². The zero-order valence-electron chi connectivity index (χ0n) is 36.3. The molecular formula is C50H84N2O4. The third-order valence-corrected chi connectivity index (χ3v) is 11.1. The summed E-state index contributed by atoms with van der Waals surface area (Å²) >= 11 is 0. The SMILES string of the molecule is CCCCCCCCCCCCCCCCCCOc1cc(NC(=O)CCCCCCCCCCCCCCCCCC)cc(C(=O)Nc2ccc(O)cc2)c1. The van der Waals surface area contributed by atoms with Crippen molar-refractivity contribution in [2.75, 3.05) is 17.2 Å². The Morgan fingerprint density at radius 1 is 0.464 bits per heavy atom. The van der Waals surface area contributed by atoms with E-state index in [9.17, 15) is 14.7 Å². The quantitative estimate of drug-likeness (QED) is 0.0468. The number of nitrogens with one attached hydrogen (secondary N) is 2. The van der Waals surface area contributed by atoms with Crippen molar-refractivity contribution in [3.63, 3.8) is 0 Å². The molecule has 0 saturated heterocycles. The second-order valence-electron chi connectivity index (χ2n) is 16.5. The standard InChI is InChI=1S/C50H84N2O4/c1-3-5-7-9-11-13-15-17-19-21-23-25-27-29-31-33-35-49(54)51-46-41-44(50(55)52-45-36-38-47(53)39-37-45)42-48(43-46)56-40-34-32-30-28-26-24-22-20-18-16-14-12-10-8-6-4-2/h36-39,41-43,53H,3-35,40H2,1-2H3,(H,51,54)(H,52,55). The van der Waals surface area contributed by atoms with Crippen molar-refractivity contribution in [1.29, 1.82) is 0 Å². The number of benzene rings is 2. The Bertz CT molecular complexity index is 1230. The summed E-state index contributed by atoms with van der Waals surface area (Å²) in [7, 11) is 0. The Hall–Kier alpha value is -3.02. The molecule has 0 spiro atoms. The number of anilines is 2. The maximum Gasteiger partial charge on any atom is 0.255 e. The van der Waals surface area contributed by atoms with E-state index in [0.29, 0.717) is 35.7 Å². The first kappa shape index (κ1) is 49.1. The molecule has 0 atom stereocenters. The van der Waals surface area contributed by atoms with Crippen molar-refractivity contribution < 1.29 is 19.4 Å². The molecule has 2 aromatic carbocycles. The predicted molar refractivity (Wildman–Crippen MR) is 240 cm³/mol. The molecule has 0 bridgehead atoms. The molecule has 0 aliphatic carbocycles. The van der Waals surface area contributed by atoms with Crippen molar-refractivity contribution in [2.45, 2.75) is 226 Å². The van der Waals surface area contributed by atoms with Crippen LogP contribution in [0.2, 0.25) is 0 Å². The highest BCUT2D eigenvalue weighted by atomic mass is 16.5. The highest BCUT2D eigenvalue weighted by Crippen LogP contribution is 2.24. The van der Waals surface area contributed by atoms with Crippen LogP contribution < -0.4 is 15.4 Å². The molecule has 0 fully saturated rings. The molecule has 56 heavy (non-hydrogen) atoms. The van der Waals surface area contributed by atoms with E-state index in [4.69, 9.17) is 4.74 Å². The van der Waals surface area contributed by atoms with Crippen LogP contribution in [0.3, 0.4) is 0 Å². The summed E-state index contributed by atoms with van der Waals surface area (Å²) in [5.74, 6) is 0.399. The van der Waals surface area contributed by atoms with Crippen molar-refractivity contribution in [3.8, 4) is 11.5 Å². The number of amides is 2. The second kappa shape index (κ2) is 35.2. The minimum atomic E-state index is -0.295. The molecule has 2 amide bonds. The molecule has 0 unspecified atom stereocenters. The normalized spacial score (nSPS) is 11.2. The Morgan fingerprint density at radius 3 is 1.29 bits per heavy atom. The van der Waals surface area contributed by atoms with Gasteiger partial charge in [0, 0.05) is 29.4 Å². The van der Waals surface area contributed by atoms with E-state index in [-0.39, 0.29) is 17.6 Å². The third-order valence-electron chi connectivity index (χ3n) is 11.1. The molecule has 0 heterocycles. The summed E-state index contributed by atoms with van der Waals surface area (Å²) in [5.41, 5.74) is 1.58. The number of carbonyl (C=O) groups excluding carboxylic acids is 2. The lowest BCUT2D eigenvalue weighted by atomic mass is 10.0. The van der Waals surface area contributed by atoms with Gasteiger partial charge in [0.1, 0.15) is 11.5 Å². The Labute approximate surface area is 344 Å². The average molecular weight is 777 g/mol. The second-order valence-corrected chi connectivity index (χ2v) is 16.5. The van der Waals surface area contributed by atoms with Crippen molar-refractivity contribution in [2.24, 2.45) is 0 Å². The van der Waals surface area contributed by atoms with Gasteiger partial charge in [-0.3, -0.25) is 9.59 Å². The van der Waals surface area contributed by atoms with Crippen LogP contribution in [0.1, 0.15) is 236 Å². The first-order valence-corrected chi connectivity index (χ1v) is 23.7. The molecule has 2 rings (SSSR count). The topological polar surface area (TPSA) is 87.7 Å². The fourth-order valence-electron chi connectivity index (χ4n) is 7.53. The van der Waals surface area contributed by atoms with Crippen molar-refractivity contribution in [1.82, 2.24) is 0 Å². The van der Waals surface area contributed by atoms with Gasteiger partial charge in [-0.15, -0.1) is 0 Å². The van der Waals surface area contributed by atoms with Gasteiger partial charge < -0.3 is 20.5 Å². The molecule has 0 saturated carbocycles. The number of phenolic OH excluding ortho intramolecular Hbond substituents is 1. The van der Waals surface area contributed by atoms with Gasteiger partial charge in [0.05, 0.1) is 6.61 Å². The van der Waals surface area contributed by atoms with Crippen LogP contribution in [0, 0.1) is 0 Å². The average Bonchev–Trinajstić information content (AvgIpc) is 3.19. The van der Waals surface area contributed by atoms with Gasteiger partial charge in [0.15, 0.2) is 0 Å². The smallest absolute Gasteiger partial charge is 0.255 e. The number of ether oxygens (including phenoxy) is 1. The van der Waals surface area contributed by atoms with Gasteiger partial charge in [-0.1, -0.05) is 206 Å². The predicted octanol–water partition coefficient (Wildman–Crippen LogP) is 15.9. The first-order chi connectivity index (χ1) is 27.5. The maximum absolute atomic E-state index is 13.2. The number of phenols is 1. The molecule has 0 aliphatic heterocycles.